The first-order valence-electron chi connectivity index (χ1n) is 8.21. The molecule has 0 bridgehead atoms. The lowest BCUT2D eigenvalue weighted by Crippen LogP contribution is -2.47. The fourth-order valence-electron chi connectivity index (χ4n) is 1.96. The van der Waals surface area contributed by atoms with Gasteiger partial charge in [-0.2, -0.15) is 13.2 Å². The number of aliphatic hydroxyl groups is 1. The highest BCUT2D eigenvalue weighted by molar-refractivity contribution is 5.56. The Bertz CT molecular complexity index is 546. The minimum atomic E-state index is -4.81. The molecule has 3 N–H and O–H groups in total. The lowest BCUT2D eigenvalue weighted by Gasteiger charge is -2.35. The van der Waals surface area contributed by atoms with Crippen LogP contribution in [0.3, 0.4) is 0 Å². The third-order valence-electron chi connectivity index (χ3n) is 3.90. The lowest BCUT2D eigenvalue weighted by atomic mass is 9.81. The molecular formula is C19H33F3N2O2. The second kappa shape index (κ2) is 11.1. The second-order valence-electron chi connectivity index (χ2n) is 6.22. The van der Waals surface area contributed by atoms with Crippen molar-refractivity contribution in [1.82, 2.24) is 4.90 Å². The van der Waals surface area contributed by atoms with Crippen molar-refractivity contribution in [2.24, 2.45) is 5.92 Å². The summed E-state index contributed by atoms with van der Waals surface area (Å²) in [6.07, 6.45) is -4.81. The Labute approximate surface area is 155 Å². The van der Waals surface area contributed by atoms with Crippen LogP contribution in [0, 0.1) is 12.8 Å². The molecule has 0 heterocycles. The van der Waals surface area contributed by atoms with Crippen LogP contribution in [0.4, 0.5) is 18.9 Å². The second-order valence-corrected chi connectivity index (χ2v) is 6.22. The van der Waals surface area contributed by atoms with Gasteiger partial charge in [0.1, 0.15) is 5.75 Å². The highest BCUT2D eigenvalue weighted by Gasteiger charge is 2.58. The summed E-state index contributed by atoms with van der Waals surface area (Å²) < 4.78 is 44.7. The number of methoxy groups -OCH3 is 1. The van der Waals surface area contributed by atoms with Crippen molar-refractivity contribution in [3.8, 4) is 5.75 Å². The Morgan fingerprint density at radius 3 is 1.92 bits per heavy atom. The van der Waals surface area contributed by atoms with Crippen LogP contribution in [-0.4, -0.2) is 43.9 Å². The molecule has 1 atom stereocenters. The molecule has 0 aliphatic heterocycles. The van der Waals surface area contributed by atoms with Gasteiger partial charge in [0.2, 0.25) is 0 Å². The molecule has 0 saturated carbocycles. The molecule has 1 aromatic rings. The first-order chi connectivity index (χ1) is 11.8. The normalized spacial score (nSPS) is 13.3. The van der Waals surface area contributed by atoms with E-state index in [4.69, 9.17) is 10.5 Å². The number of hydrogen-bond donors (Lipinski definition) is 2. The van der Waals surface area contributed by atoms with E-state index in [0.29, 0.717) is 11.3 Å². The molecule has 0 aromatic heterocycles. The third-order valence-corrected chi connectivity index (χ3v) is 3.90. The molecule has 1 aromatic carbocycles. The summed E-state index contributed by atoms with van der Waals surface area (Å²) in [7, 11) is 5.35. The average Bonchev–Trinajstić information content (AvgIpc) is 2.57. The van der Waals surface area contributed by atoms with Crippen LogP contribution < -0.4 is 10.5 Å². The molecule has 0 fully saturated rings. The van der Waals surface area contributed by atoms with Crippen LogP contribution in [0.15, 0.2) is 25.3 Å². The van der Waals surface area contributed by atoms with Gasteiger partial charge in [-0.05, 0) is 45.1 Å². The molecule has 0 spiro atoms. The van der Waals surface area contributed by atoms with Crippen LogP contribution >= 0.6 is 0 Å². The van der Waals surface area contributed by atoms with Gasteiger partial charge in [0, 0.05) is 17.3 Å². The molecule has 0 saturated heterocycles. The number of alkyl halides is 3. The minimum Gasteiger partial charge on any atom is -0.496 e. The van der Waals surface area contributed by atoms with E-state index in [1.54, 1.807) is 6.92 Å². The molecule has 152 valence electrons. The first kappa shape index (κ1) is 26.5. The van der Waals surface area contributed by atoms with E-state index in [2.05, 4.69) is 39.1 Å². The van der Waals surface area contributed by atoms with Crippen LogP contribution in [-0.2, 0) is 5.60 Å². The maximum atomic E-state index is 13.3. The number of anilines is 1. The van der Waals surface area contributed by atoms with Gasteiger partial charge in [-0.3, -0.25) is 0 Å². The van der Waals surface area contributed by atoms with E-state index in [0.717, 1.165) is 6.54 Å². The Morgan fingerprint density at radius 1 is 1.23 bits per heavy atom. The minimum absolute atomic E-state index is 0.0726. The molecule has 0 aliphatic carbocycles. The molecule has 26 heavy (non-hydrogen) atoms. The van der Waals surface area contributed by atoms with Crippen molar-refractivity contribution in [1.29, 1.82) is 0 Å². The summed E-state index contributed by atoms with van der Waals surface area (Å²) in [5.74, 6) is -1.14. The topological polar surface area (TPSA) is 58.7 Å². The van der Waals surface area contributed by atoms with E-state index >= 15 is 0 Å². The number of ether oxygens (including phenoxy) is 1. The van der Waals surface area contributed by atoms with Crippen molar-refractivity contribution < 1.29 is 23.0 Å². The van der Waals surface area contributed by atoms with Gasteiger partial charge in [0.15, 0.2) is 5.60 Å². The number of rotatable bonds is 4. The number of nitrogen functional groups attached to an aromatic ring is 1. The van der Waals surface area contributed by atoms with Crippen molar-refractivity contribution >= 4 is 5.69 Å². The van der Waals surface area contributed by atoms with Crippen LogP contribution in [0.2, 0.25) is 0 Å². The zero-order chi connectivity index (χ0) is 21.3. The molecular weight excluding hydrogens is 345 g/mol. The van der Waals surface area contributed by atoms with E-state index in [1.807, 2.05) is 0 Å². The van der Waals surface area contributed by atoms with E-state index in [-0.39, 0.29) is 11.3 Å². The number of benzene rings is 1. The molecule has 4 nitrogen and oxygen atoms in total. The summed E-state index contributed by atoms with van der Waals surface area (Å²) in [6, 6.07) is 2.52. The van der Waals surface area contributed by atoms with Gasteiger partial charge in [0.25, 0.3) is 0 Å². The van der Waals surface area contributed by atoms with Gasteiger partial charge < -0.3 is 20.5 Å². The maximum Gasteiger partial charge on any atom is 0.421 e. The van der Waals surface area contributed by atoms with Crippen molar-refractivity contribution in [3.05, 3.63) is 36.4 Å². The first-order valence-corrected chi connectivity index (χ1v) is 8.21. The van der Waals surface area contributed by atoms with Crippen LogP contribution in [0.1, 0.15) is 31.9 Å². The number of nitrogens with two attached hydrogens (primary N) is 1. The van der Waals surface area contributed by atoms with Crippen LogP contribution in [0.5, 0.6) is 5.75 Å². The molecule has 7 heteroatoms. The molecule has 0 amide bonds. The predicted octanol–water partition coefficient (Wildman–Crippen LogP) is 4.36. The monoisotopic (exact) mass is 378 g/mol. The van der Waals surface area contributed by atoms with E-state index < -0.39 is 17.7 Å². The SMILES string of the molecule is C=C.CCN(C)C.COc1cc(N)c(C)cc1C(O)(C(C)C)C(F)(F)F. The number of halogens is 3. The smallest absolute Gasteiger partial charge is 0.421 e. The summed E-state index contributed by atoms with van der Waals surface area (Å²) >= 11 is 0. The lowest BCUT2D eigenvalue weighted by molar-refractivity contribution is -0.283. The Kier molecular flexibility index (Phi) is 11.3. The van der Waals surface area contributed by atoms with Gasteiger partial charge in [0.05, 0.1) is 7.11 Å². The fourth-order valence-corrected chi connectivity index (χ4v) is 1.96. The number of aryl methyl sites for hydroxylation is 1. The standard InChI is InChI=1S/C13H18F3NO2.C4H11N.C2H4/c1-7(2)12(18,13(14,15)16)9-5-8(3)10(17)6-11(9)19-4;1-4-5(2)3;1-2/h5-7,18H,17H2,1-4H3;4H2,1-3H3;1-2H2. The highest BCUT2D eigenvalue weighted by Crippen LogP contribution is 2.48. The van der Waals surface area contributed by atoms with E-state index in [1.165, 1.54) is 33.1 Å². The van der Waals surface area contributed by atoms with Crippen molar-refractivity contribution in [3.63, 3.8) is 0 Å². The molecule has 1 unspecified atom stereocenters. The summed E-state index contributed by atoms with van der Waals surface area (Å²) in [5, 5.41) is 10.2. The number of nitrogens with zero attached hydrogens (tertiary/aromatic N) is 1. The average molecular weight is 378 g/mol. The zero-order valence-electron chi connectivity index (χ0n) is 16.9. The Hall–Kier alpha value is -1.73. The largest absolute Gasteiger partial charge is 0.496 e. The molecule has 0 radical (unpaired) electrons. The van der Waals surface area contributed by atoms with Gasteiger partial charge in [-0.15, -0.1) is 13.2 Å². The van der Waals surface area contributed by atoms with Gasteiger partial charge >= 0.3 is 6.18 Å². The van der Waals surface area contributed by atoms with Gasteiger partial charge in [-0.1, -0.05) is 20.8 Å². The summed E-state index contributed by atoms with van der Waals surface area (Å²) in [5.41, 5.74) is 3.13. The van der Waals surface area contributed by atoms with Crippen molar-refractivity contribution in [2.75, 3.05) is 33.5 Å². The molecule has 1 rings (SSSR count). The van der Waals surface area contributed by atoms with Crippen molar-refractivity contribution in [2.45, 2.75) is 39.5 Å². The Morgan fingerprint density at radius 2 is 1.65 bits per heavy atom. The third kappa shape index (κ3) is 6.53. The quantitative estimate of drug-likeness (QED) is 0.604. The maximum absolute atomic E-state index is 13.3. The summed E-state index contributed by atoms with van der Waals surface area (Å²) in [4.78, 5) is 2.12. The fraction of sp³-hybridized carbons (Fsp3) is 0.579. The summed E-state index contributed by atoms with van der Waals surface area (Å²) in [6.45, 7) is 13.5. The predicted molar refractivity (Wildman–Crippen MR) is 102 cm³/mol. The zero-order valence-corrected chi connectivity index (χ0v) is 16.9. The van der Waals surface area contributed by atoms with E-state index in [9.17, 15) is 18.3 Å². The molecule has 0 aliphatic rings. The van der Waals surface area contributed by atoms with Gasteiger partial charge in [-0.25, -0.2) is 0 Å². The highest BCUT2D eigenvalue weighted by atomic mass is 19.4. The Balaban J connectivity index is 0. The van der Waals surface area contributed by atoms with Crippen LogP contribution in [0.25, 0.3) is 0 Å². The number of hydrogen-bond acceptors (Lipinski definition) is 4.